The molecule has 1 atom stereocenters. The number of hydrogen-bond acceptors (Lipinski definition) is 2. The molecule has 1 N–H and O–H groups in total. The molecule has 0 saturated carbocycles. The topological polar surface area (TPSA) is 15.3 Å². The van der Waals surface area contributed by atoms with Gasteiger partial charge in [0.1, 0.15) is 0 Å². The van der Waals surface area contributed by atoms with Crippen molar-refractivity contribution in [3.05, 3.63) is 23.2 Å². The molecule has 1 aromatic rings. The van der Waals surface area contributed by atoms with E-state index >= 15 is 0 Å². The Morgan fingerprint density at radius 2 is 2.33 bits per heavy atom. The Morgan fingerprint density at radius 3 is 3.07 bits per heavy atom. The first kappa shape index (κ1) is 10.6. The fraction of sp³-hybridized carbons (Fsp3) is 0.500. The number of fused-ring (bicyclic) bond motifs is 1. The van der Waals surface area contributed by atoms with Crippen LogP contribution >= 0.6 is 11.6 Å². The minimum absolute atomic E-state index is 0.647. The lowest BCUT2D eigenvalue weighted by Crippen LogP contribution is -2.27. The van der Waals surface area contributed by atoms with Crippen LogP contribution in [0.25, 0.3) is 0 Å². The van der Waals surface area contributed by atoms with Crippen LogP contribution in [0, 0.1) is 5.92 Å². The summed E-state index contributed by atoms with van der Waals surface area (Å²) >= 11 is 6.20. The van der Waals surface area contributed by atoms with E-state index in [1.54, 1.807) is 0 Å². The molecule has 1 aromatic carbocycles. The van der Waals surface area contributed by atoms with E-state index in [9.17, 15) is 0 Å². The molecule has 2 rings (SSSR count). The fourth-order valence-corrected chi connectivity index (χ4v) is 2.30. The molecule has 0 spiro atoms. The zero-order valence-corrected chi connectivity index (χ0v) is 10.0. The van der Waals surface area contributed by atoms with Gasteiger partial charge < -0.3 is 10.2 Å². The highest BCUT2D eigenvalue weighted by Crippen LogP contribution is 2.35. The van der Waals surface area contributed by atoms with Crippen LogP contribution in [0.4, 0.5) is 11.4 Å². The van der Waals surface area contributed by atoms with Gasteiger partial charge in [0.15, 0.2) is 0 Å². The molecular formula is C12H17ClN2. The van der Waals surface area contributed by atoms with E-state index in [0.29, 0.717) is 5.92 Å². The number of anilines is 2. The number of nitrogens with one attached hydrogen (secondary N) is 1. The van der Waals surface area contributed by atoms with Crippen molar-refractivity contribution in [1.29, 1.82) is 0 Å². The van der Waals surface area contributed by atoms with Gasteiger partial charge >= 0.3 is 0 Å². The summed E-state index contributed by atoms with van der Waals surface area (Å²) < 4.78 is 0. The van der Waals surface area contributed by atoms with Gasteiger partial charge in [-0.15, -0.1) is 0 Å². The molecule has 0 radical (unpaired) electrons. The van der Waals surface area contributed by atoms with Crippen molar-refractivity contribution in [1.82, 2.24) is 0 Å². The largest absolute Gasteiger partial charge is 0.382 e. The van der Waals surface area contributed by atoms with E-state index in [1.807, 2.05) is 12.1 Å². The highest BCUT2D eigenvalue weighted by molar-refractivity contribution is 6.34. The van der Waals surface area contributed by atoms with Crippen LogP contribution in [0.3, 0.4) is 0 Å². The second-order valence-corrected chi connectivity index (χ2v) is 4.57. The lowest BCUT2D eigenvalue weighted by molar-refractivity contribution is 0.602. The Kier molecular flexibility index (Phi) is 3.06. The van der Waals surface area contributed by atoms with Gasteiger partial charge in [0.25, 0.3) is 0 Å². The molecule has 3 heteroatoms. The van der Waals surface area contributed by atoms with Gasteiger partial charge in [0.05, 0.1) is 16.4 Å². The first-order valence-corrected chi connectivity index (χ1v) is 5.87. The van der Waals surface area contributed by atoms with Gasteiger partial charge in [-0.3, -0.25) is 0 Å². The van der Waals surface area contributed by atoms with Gasteiger partial charge in [-0.2, -0.15) is 0 Å². The Bertz CT molecular complexity index is 351. The van der Waals surface area contributed by atoms with E-state index in [4.69, 9.17) is 11.6 Å². The number of halogens is 1. The predicted octanol–water partition coefficient (Wildman–Crippen LogP) is 3.23. The molecule has 0 aromatic heterocycles. The van der Waals surface area contributed by atoms with E-state index in [2.05, 4.69) is 30.1 Å². The molecule has 82 valence electrons. The number of benzene rings is 1. The Morgan fingerprint density at radius 1 is 1.53 bits per heavy atom. The fourth-order valence-electron chi connectivity index (χ4n) is 2.07. The molecule has 0 bridgehead atoms. The average molecular weight is 225 g/mol. The van der Waals surface area contributed by atoms with Gasteiger partial charge in [0.2, 0.25) is 0 Å². The van der Waals surface area contributed by atoms with E-state index in [1.165, 1.54) is 5.69 Å². The lowest BCUT2D eigenvalue weighted by atomic mass is 10.2. The zero-order chi connectivity index (χ0) is 10.8. The Balaban J connectivity index is 2.42. The standard InChI is InChI=1S/C12H17ClN2/c1-3-15-8-9(2)7-14-12-10(13)5-4-6-11(12)15/h4-6,9,14H,3,7-8H2,1-2H3. The summed E-state index contributed by atoms with van der Waals surface area (Å²) in [6.45, 7) is 7.56. The molecule has 15 heavy (non-hydrogen) atoms. The molecular weight excluding hydrogens is 208 g/mol. The molecule has 1 aliphatic rings. The first-order chi connectivity index (χ1) is 7.22. The van der Waals surface area contributed by atoms with Crippen LogP contribution in [-0.2, 0) is 0 Å². The van der Waals surface area contributed by atoms with E-state index in [-0.39, 0.29) is 0 Å². The Hall–Kier alpha value is -0.890. The third-order valence-corrected chi connectivity index (χ3v) is 3.19. The van der Waals surface area contributed by atoms with E-state index < -0.39 is 0 Å². The molecule has 0 saturated heterocycles. The summed E-state index contributed by atoms with van der Waals surface area (Å²) in [6.07, 6.45) is 0. The van der Waals surface area contributed by atoms with Crippen molar-refractivity contribution < 1.29 is 0 Å². The average Bonchev–Trinajstić information content (AvgIpc) is 2.39. The van der Waals surface area contributed by atoms with Crippen molar-refractivity contribution >= 4 is 23.0 Å². The summed E-state index contributed by atoms with van der Waals surface area (Å²) in [4.78, 5) is 2.38. The number of rotatable bonds is 1. The van der Waals surface area contributed by atoms with Crippen LogP contribution < -0.4 is 10.2 Å². The van der Waals surface area contributed by atoms with Crippen molar-refractivity contribution in [3.8, 4) is 0 Å². The molecule has 1 heterocycles. The first-order valence-electron chi connectivity index (χ1n) is 5.49. The highest BCUT2D eigenvalue weighted by atomic mass is 35.5. The van der Waals surface area contributed by atoms with Crippen LogP contribution in [0.1, 0.15) is 13.8 Å². The maximum absolute atomic E-state index is 6.20. The second kappa shape index (κ2) is 4.31. The molecule has 0 fully saturated rings. The van der Waals surface area contributed by atoms with Gasteiger partial charge in [0, 0.05) is 19.6 Å². The third-order valence-electron chi connectivity index (χ3n) is 2.87. The normalized spacial score (nSPS) is 20.5. The summed E-state index contributed by atoms with van der Waals surface area (Å²) in [5.74, 6) is 0.647. The maximum atomic E-state index is 6.20. The Labute approximate surface area is 96.2 Å². The number of hydrogen-bond donors (Lipinski definition) is 1. The summed E-state index contributed by atoms with van der Waals surface area (Å²) in [7, 11) is 0. The second-order valence-electron chi connectivity index (χ2n) is 4.16. The molecule has 1 unspecified atom stereocenters. The van der Waals surface area contributed by atoms with Gasteiger partial charge in [-0.05, 0) is 25.0 Å². The maximum Gasteiger partial charge on any atom is 0.0767 e. The summed E-state index contributed by atoms with van der Waals surface area (Å²) in [6, 6.07) is 6.09. The SMILES string of the molecule is CCN1CC(C)CNc2c(Cl)cccc21. The highest BCUT2D eigenvalue weighted by Gasteiger charge is 2.19. The van der Waals surface area contributed by atoms with Crippen molar-refractivity contribution in [2.45, 2.75) is 13.8 Å². The quantitative estimate of drug-likeness (QED) is 0.788. The van der Waals surface area contributed by atoms with Crippen LogP contribution in [0.2, 0.25) is 5.02 Å². The van der Waals surface area contributed by atoms with Crippen molar-refractivity contribution in [3.63, 3.8) is 0 Å². The van der Waals surface area contributed by atoms with E-state index in [0.717, 1.165) is 30.3 Å². The van der Waals surface area contributed by atoms with Crippen LogP contribution in [0.15, 0.2) is 18.2 Å². The molecule has 0 amide bonds. The molecule has 0 aliphatic carbocycles. The predicted molar refractivity (Wildman–Crippen MR) is 67.0 cm³/mol. The summed E-state index contributed by atoms with van der Waals surface area (Å²) in [5.41, 5.74) is 2.32. The lowest BCUT2D eigenvalue weighted by Gasteiger charge is -2.24. The number of nitrogens with zero attached hydrogens (tertiary/aromatic N) is 1. The molecule has 1 aliphatic heterocycles. The molecule has 2 nitrogen and oxygen atoms in total. The third kappa shape index (κ3) is 2.05. The van der Waals surface area contributed by atoms with Crippen LogP contribution in [0.5, 0.6) is 0 Å². The monoisotopic (exact) mass is 224 g/mol. The minimum atomic E-state index is 0.647. The van der Waals surface area contributed by atoms with Crippen molar-refractivity contribution in [2.24, 2.45) is 5.92 Å². The minimum Gasteiger partial charge on any atom is -0.382 e. The summed E-state index contributed by atoms with van der Waals surface area (Å²) in [5, 5.41) is 4.25. The number of para-hydroxylation sites is 1. The van der Waals surface area contributed by atoms with Gasteiger partial charge in [-0.25, -0.2) is 0 Å². The zero-order valence-electron chi connectivity index (χ0n) is 9.26. The van der Waals surface area contributed by atoms with Crippen molar-refractivity contribution in [2.75, 3.05) is 29.9 Å². The smallest absolute Gasteiger partial charge is 0.0767 e. The van der Waals surface area contributed by atoms with Gasteiger partial charge in [-0.1, -0.05) is 24.6 Å². The van der Waals surface area contributed by atoms with Crippen LogP contribution in [-0.4, -0.2) is 19.6 Å².